The summed E-state index contributed by atoms with van der Waals surface area (Å²) in [4.78, 5) is 0. The molecule has 1 aromatic carbocycles. The van der Waals surface area contributed by atoms with Crippen LogP contribution in [0.1, 0.15) is 18.9 Å². The quantitative estimate of drug-likeness (QED) is 0.806. The molecule has 1 rings (SSSR count). The predicted molar refractivity (Wildman–Crippen MR) is 61.5 cm³/mol. The van der Waals surface area contributed by atoms with Gasteiger partial charge in [0.05, 0.1) is 14.2 Å². The van der Waals surface area contributed by atoms with Gasteiger partial charge in [0, 0.05) is 6.04 Å². The van der Waals surface area contributed by atoms with Crippen LogP contribution in [0.5, 0.6) is 11.5 Å². The van der Waals surface area contributed by atoms with Gasteiger partial charge in [-0.3, -0.25) is 0 Å². The molecule has 0 radical (unpaired) electrons. The largest absolute Gasteiger partial charge is 0.497 e. The first-order valence-electron chi connectivity index (χ1n) is 5.14. The SMILES string of the molecule is COc1ccc(OC)c(CC[C@H](C)N)c1. The summed E-state index contributed by atoms with van der Waals surface area (Å²) in [5, 5.41) is 0. The van der Waals surface area contributed by atoms with Crippen molar-refractivity contribution in [2.75, 3.05) is 14.2 Å². The summed E-state index contributed by atoms with van der Waals surface area (Å²) in [6.07, 6.45) is 1.86. The van der Waals surface area contributed by atoms with Crippen LogP contribution in [0, 0.1) is 0 Å². The van der Waals surface area contributed by atoms with E-state index in [-0.39, 0.29) is 6.04 Å². The van der Waals surface area contributed by atoms with Gasteiger partial charge in [0.15, 0.2) is 0 Å². The van der Waals surface area contributed by atoms with Gasteiger partial charge in [-0.1, -0.05) is 0 Å². The molecule has 0 aliphatic carbocycles. The second-order valence-corrected chi connectivity index (χ2v) is 3.69. The van der Waals surface area contributed by atoms with Crippen LogP contribution < -0.4 is 15.2 Å². The standard InChI is InChI=1S/C12H19NO2/c1-9(13)4-5-10-8-11(14-2)6-7-12(10)15-3/h6-9H,4-5,13H2,1-3H3/t9-/m0/s1. The van der Waals surface area contributed by atoms with Crippen molar-refractivity contribution in [1.82, 2.24) is 0 Å². The molecule has 0 unspecified atom stereocenters. The maximum Gasteiger partial charge on any atom is 0.122 e. The van der Waals surface area contributed by atoms with E-state index in [9.17, 15) is 0 Å². The summed E-state index contributed by atoms with van der Waals surface area (Å²) in [5.74, 6) is 1.76. The first kappa shape index (κ1) is 11.9. The highest BCUT2D eigenvalue weighted by Crippen LogP contribution is 2.25. The lowest BCUT2D eigenvalue weighted by molar-refractivity contribution is 0.398. The van der Waals surface area contributed by atoms with E-state index < -0.39 is 0 Å². The fourth-order valence-corrected chi connectivity index (χ4v) is 1.46. The molecule has 0 aliphatic heterocycles. The van der Waals surface area contributed by atoms with Gasteiger partial charge in [-0.25, -0.2) is 0 Å². The van der Waals surface area contributed by atoms with Gasteiger partial charge in [0.25, 0.3) is 0 Å². The first-order chi connectivity index (χ1) is 7.17. The maximum absolute atomic E-state index is 5.73. The van der Waals surface area contributed by atoms with Crippen molar-refractivity contribution in [2.45, 2.75) is 25.8 Å². The van der Waals surface area contributed by atoms with Crippen molar-refractivity contribution in [3.05, 3.63) is 23.8 Å². The van der Waals surface area contributed by atoms with E-state index in [2.05, 4.69) is 0 Å². The minimum absolute atomic E-state index is 0.209. The zero-order valence-electron chi connectivity index (χ0n) is 9.62. The summed E-state index contributed by atoms with van der Waals surface area (Å²) < 4.78 is 10.5. The van der Waals surface area contributed by atoms with Crippen molar-refractivity contribution in [2.24, 2.45) is 5.73 Å². The molecule has 0 fully saturated rings. The second-order valence-electron chi connectivity index (χ2n) is 3.69. The monoisotopic (exact) mass is 209 g/mol. The predicted octanol–water partition coefficient (Wildman–Crippen LogP) is 1.98. The molecule has 0 amide bonds. The van der Waals surface area contributed by atoms with Crippen molar-refractivity contribution in [1.29, 1.82) is 0 Å². The van der Waals surface area contributed by atoms with Crippen LogP contribution in [0.4, 0.5) is 0 Å². The third-order valence-corrected chi connectivity index (χ3v) is 2.36. The van der Waals surface area contributed by atoms with E-state index >= 15 is 0 Å². The molecule has 0 spiro atoms. The van der Waals surface area contributed by atoms with Crippen molar-refractivity contribution >= 4 is 0 Å². The molecular formula is C12H19NO2. The van der Waals surface area contributed by atoms with Crippen molar-refractivity contribution in [3.8, 4) is 11.5 Å². The van der Waals surface area contributed by atoms with Gasteiger partial charge in [0.1, 0.15) is 11.5 Å². The van der Waals surface area contributed by atoms with E-state index in [1.54, 1.807) is 14.2 Å². The zero-order chi connectivity index (χ0) is 11.3. The van der Waals surface area contributed by atoms with Gasteiger partial charge < -0.3 is 15.2 Å². The van der Waals surface area contributed by atoms with E-state index in [1.807, 2.05) is 25.1 Å². The topological polar surface area (TPSA) is 44.5 Å². The average Bonchev–Trinajstić information content (AvgIpc) is 2.25. The smallest absolute Gasteiger partial charge is 0.122 e. The number of ether oxygens (including phenoxy) is 2. The lowest BCUT2D eigenvalue weighted by Gasteiger charge is -2.11. The molecule has 0 aromatic heterocycles. The minimum Gasteiger partial charge on any atom is -0.497 e. The Bertz CT molecular complexity index is 310. The highest BCUT2D eigenvalue weighted by Gasteiger charge is 2.05. The van der Waals surface area contributed by atoms with Gasteiger partial charge >= 0.3 is 0 Å². The van der Waals surface area contributed by atoms with Gasteiger partial charge in [0.2, 0.25) is 0 Å². The van der Waals surface area contributed by atoms with Crippen LogP contribution in [0.15, 0.2) is 18.2 Å². The molecule has 2 N–H and O–H groups in total. The van der Waals surface area contributed by atoms with Crippen LogP contribution >= 0.6 is 0 Å². The van der Waals surface area contributed by atoms with Crippen LogP contribution in [0.3, 0.4) is 0 Å². The molecule has 0 heterocycles. The minimum atomic E-state index is 0.209. The average molecular weight is 209 g/mol. The fourth-order valence-electron chi connectivity index (χ4n) is 1.46. The molecule has 15 heavy (non-hydrogen) atoms. The Kier molecular flexibility index (Phi) is 4.43. The highest BCUT2D eigenvalue weighted by atomic mass is 16.5. The first-order valence-corrected chi connectivity index (χ1v) is 5.14. The van der Waals surface area contributed by atoms with Crippen LogP contribution in [-0.4, -0.2) is 20.3 Å². The highest BCUT2D eigenvalue weighted by molar-refractivity contribution is 5.40. The summed E-state index contributed by atoms with van der Waals surface area (Å²) >= 11 is 0. The number of nitrogens with two attached hydrogens (primary N) is 1. The molecule has 3 heteroatoms. The molecule has 0 bridgehead atoms. The van der Waals surface area contributed by atoms with E-state index in [1.165, 1.54) is 0 Å². The third-order valence-electron chi connectivity index (χ3n) is 2.36. The molecule has 0 saturated heterocycles. The van der Waals surface area contributed by atoms with E-state index in [4.69, 9.17) is 15.2 Å². The number of aryl methyl sites for hydroxylation is 1. The summed E-state index contributed by atoms with van der Waals surface area (Å²) in [6, 6.07) is 6.03. The number of hydrogen-bond acceptors (Lipinski definition) is 3. The number of benzene rings is 1. The second kappa shape index (κ2) is 5.61. The summed E-state index contributed by atoms with van der Waals surface area (Å²) in [5.41, 5.74) is 6.88. The number of methoxy groups -OCH3 is 2. The van der Waals surface area contributed by atoms with Gasteiger partial charge in [-0.05, 0) is 43.5 Å². The Balaban J connectivity index is 2.81. The molecule has 3 nitrogen and oxygen atoms in total. The molecule has 1 atom stereocenters. The number of rotatable bonds is 5. The number of hydrogen-bond donors (Lipinski definition) is 1. The van der Waals surface area contributed by atoms with Gasteiger partial charge in [-0.2, -0.15) is 0 Å². The zero-order valence-corrected chi connectivity index (χ0v) is 9.62. The third kappa shape index (κ3) is 3.44. The summed E-state index contributed by atoms with van der Waals surface area (Å²) in [6.45, 7) is 2.01. The maximum atomic E-state index is 5.73. The molecule has 1 aromatic rings. The van der Waals surface area contributed by atoms with Gasteiger partial charge in [-0.15, -0.1) is 0 Å². The normalized spacial score (nSPS) is 12.3. The molecule has 0 aliphatic rings. The Morgan fingerprint density at radius 1 is 1.27 bits per heavy atom. The lowest BCUT2D eigenvalue weighted by atomic mass is 10.1. The molecule has 84 valence electrons. The Morgan fingerprint density at radius 2 is 2.00 bits per heavy atom. The Morgan fingerprint density at radius 3 is 2.53 bits per heavy atom. The Hall–Kier alpha value is -1.22. The van der Waals surface area contributed by atoms with E-state index in [0.717, 1.165) is 29.9 Å². The van der Waals surface area contributed by atoms with Crippen LogP contribution in [0.25, 0.3) is 0 Å². The fraction of sp³-hybridized carbons (Fsp3) is 0.500. The lowest BCUT2D eigenvalue weighted by Crippen LogP contribution is -2.15. The van der Waals surface area contributed by atoms with Crippen molar-refractivity contribution in [3.63, 3.8) is 0 Å². The molecule has 0 saturated carbocycles. The van der Waals surface area contributed by atoms with E-state index in [0.29, 0.717) is 0 Å². The summed E-state index contributed by atoms with van der Waals surface area (Å²) in [7, 11) is 3.34. The Labute approximate surface area is 91.2 Å². The van der Waals surface area contributed by atoms with Crippen LogP contribution in [0.2, 0.25) is 0 Å². The van der Waals surface area contributed by atoms with Crippen LogP contribution in [-0.2, 0) is 6.42 Å². The molecular weight excluding hydrogens is 190 g/mol. The van der Waals surface area contributed by atoms with Crippen molar-refractivity contribution < 1.29 is 9.47 Å².